The molecule has 2 aromatic rings. The van der Waals surface area contributed by atoms with Gasteiger partial charge in [0.05, 0.1) is 12.1 Å². The lowest BCUT2D eigenvalue weighted by Gasteiger charge is -2.22. The molecule has 0 bridgehead atoms. The number of aryl methyl sites for hydroxylation is 1. The molecule has 6 heteroatoms. The lowest BCUT2D eigenvalue weighted by atomic mass is 10.00. The van der Waals surface area contributed by atoms with Crippen molar-refractivity contribution in [1.82, 2.24) is 9.55 Å². The van der Waals surface area contributed by atoms with Crippen molar-refractivity contribution in [3.05, 3.63) is 29.6 Å². The molecule has 2 heterocycles. The zero-order chi connectivity index (χ0) is 15.0. The Kier molecular flexibility index (Phi) is 4.13. The zero-order valence-corrected chi connectivity index (χ0v) is 12.5. The molecule has 0 saturated carbocycles. The van der Waals surface area contributed by atoms with E-state index in [0.29, 0.717) is 36.9 Å². The Hall–Kier alpha value is -1.20. The standard InChI is InChI=1S/C15H17ClF2N2O/c1-9(10-5-7-21-8-10)20-13(4-6-16)19-12-3-2-11(17)14(18)15(12)20/h2-3,9-10H,4-8H2,1H3. The number of hydrogen-bond donors (Lipinski definition) is 0. The molecule has 3 rings (SSSR count). The number of alkyl halides is 1. The Labute approximate surface area is 126 Å². The number of fused-ring (bicyclic) bond motifs is 1. The predicted molar refractivity (Wildman–Crippen MR) is 77.7 cm³/mol. The van der Waals surface area contributed by atoms with Crippen LogP contribution in [0.25, 0.3) is 11.0 Å². The zero-order valence-electron chi connectivity index (χ0n) is 11.8. The second-order valence-corrected chi connectivity index (χ2v) is 5.81. The quantitative estimate of drug-likeness (QED) is 0.805. The number of ether oxygens (including phenoxy) is 1. The first-order valence-electron chi connectivity index (χ1n) is 7.12. The first-order valence-corrected chi connectivity index (χ1v) is 7.65. The van der Waals surface area contributed by atoms with Crippen LogP contribution < -0.4 is 0 Å². The molecule has 2 atom stereocenters. The van der Waals surface area contributed by atoms with Crippen LogP contribution in [-0.4, -0.2) is 28.6 Å². The first kappa shape index (κ1) is 14.7. The van der Waals surface area contributed by atoms with E-state index in [1.54, 1.807) is 4.57 Å². The molecule has 1 aromatic carbocycles. The van der Waals surface area contributed by atoms with E-state index in [1.165, 1.54) is 6.07 Å². The Balaban J connectivity index is 2.16. The van der Waals surface area contributed by atoms with Crippen molar-refractivity contribution in [2.75, 3.05) is 19.1 Å². The van der Waals surface area contributed by atoms with E-state index in [4.69, 9.17) is 16.3 Å². The minimum atomic E-state index is -0.851. The minimum absolute atomic E-state index is 0.00739. The van der Waals surface area contributed by atoms with Crippen LogP contribution in [0.3, 0.4) is 0 Å². The smallest absolute Gasteiger partial charge is 0.184 e. The molecule has 0 aliphatic carbocycles. The molecule has 1 aromatic heterocycles. The SMILES string of the molecule is CC(C1CCOC1)n1c(CCCl)nc2ccc(F)c(F)c21. The van der Waals surface area contributed by atoms with Crippen LogP contribution >= 0.6 is 11.6 Å². The molecule has 3 nitrogen and oxygen atoms in total. The number of rotatable bonds is 4. The molecule has 0 N–H and O–H groups in total. The maximum Gasteiger partial charge on any atom is 0.184 e. The van der Waals surface area contributed by atoms with Crippen LogP contribution in [0.5, 0.6) is 0 Å². The highest BCUT2D eigenvalue weighted by Crippen LogP contribution is 2.32. The van der Waals surface area contributed by atoms with Gasteiger partial charge in [0.1, 0.15) is 11.3 Å². The fourth-order valence-corrected chi connectivity index (χ4v) is 3.18. The van der Waals surface area contributed by atoms with Crippen molar-refractivity contribution >= 4 is 22.6 Å². The average Bonchev–Trinajstić information content (AvgIpc) is 3.10. The van der Waals surface area contributed by atoms with Gasteiger partial charge in [-0.2, -0.15) is 0 Å². The van der Waals surface area contributed by atoms with E-state index in [-0.39, 0.29) is 17.5 Å². The Morgan fingerprint density at radius 2 is 2.29 bits per heavy atom. The maximum atomic E-state index is 14.3. The Morgan fingerprint density at radius 1 is 1.48 bits per heavy atom. The van der Waals surface area contributed by atoms with Gasteiger partial charge in [-0.3, -0.25) is 0 Å². The molecule has 2 unspecified atom stereocenters. The topological polar surface area (TPSA) is 27.1 Å². The van der Waals surface area contributed by atoms with Gasteiger partial charge in [0, 0.05) is 30.9 Å². The minimum Gasteiger partial charge on any atom is -0.381 e. The van der Waals surface area contributed by atoms with Crippen molar-refractivity contribution in [3.63, 3.8) is 0 Å². The van der Waals surface area contributed by atoms with E-state index in [1.807, 2.05) is 6.92 Å². The molecule has 1 aliphatic rings. The first-order chi connectivity index (χ1) is 10.1. The van der Waals surface area contributed by atoms with Gasteiger partial charge in [0.25, 0.3) is 0 Å². The number of aromatic nitrogens is 2. The number of benzene rings is 1. The summed E-state index contributed by atoms with van der Waals surface area (Å²) in [5.74, 6) is -0.327. The average molecular weight is 315 g/mol. The van der Waals surface area contributed by atoms with Gasteiger partial charge < -0.3 is 9.30 Å². The van der Waals surface area contributed by atoms with Crippen LogP contribution in [0.1, 0.15) is 25.2 Å². The summed E-state index contributed by atoms with van der Waals surface area (Å²) in [6, 6.07) is 2.62. The fourth-order valence-electron chi connectivity index (χ4n) is 3.01. The highest BCUT2D eigenvalue weighted by Gasteiger charge is 2.28. The molecule has 114 valence electrons. The molecule has 0 spiro atoms. The van der Waals surface area contributed by atoms with Crippen molar-refractivity contribution in [1.29, 1.82) is 0 Å². The van der Waals surface area contributed by atoms with E-state index in [0.717, 1.165) is 12.5 Å². The van der Waals surface area contributed by atoms with Gasteiger partial charge in [-0.15, -0.1) is 11.6 Å². The summed E-state index contributed by atoms with van der Waals surface area (Å²) in [6.07, 6.45) is 1.44. The lowest BCUT2D eigenvalue weighted by molar-refractivity contribution is 0.175. The highest BCUT2D eigenvalue weighted by molar-refractivity contribution is 6.17. The van der Waals surface area contributed by atoms with Crippen LogP contribution in [0.4, 0.5) is 8.78 Å². The summed E-state index contributed by atoms with van der Waals surface area (Å²) in [5.41, 5.74) is 0.703. The van der Waals surface area contributed by atoms with Crippen LogP contribution in [0.2, 0.25) is 0 Å². The van der Waals surface area contributed by atoms with Gasteiger partial charge in [-0.05, 0) is 25.5 Å². The summed E-state index contributed by atoms with van der Waals surface area (Å²) in [7, 11) is 0. The van der Waals surface area contributed by atoms with Gasteiger partial charge >= 0.3 is 0 Å². The molecular weight excluding hydrogens is 298 g/mol. The van der Waals surface area contributed by atoms with Crippen molar-refractivity contribution in [2.24, 2.45) is 5.92 Å². The van der Waals surface area contributed by atoms with Gasteiger partial charge in [0.15, 0.2) is 11.6 Å². The van der Waals surface area contributed by atoms with Gasteiger partial charge in [-0.25, -0.2) is 13.8 Å². The fraction of sp³-hybridized carbons (Fsp3) is 0.533. The predicted octanol–water partition coefficient (Wildman–Crippen LogP) is 3.69. The largest absolute Gasteiger partial charge is 0.381 e. The summed E-state index contributed by atoms with van der Waals surface area (Å²) < 4.78 is 35.1. The Bertz CT molecular complexity index is 653. The third-order valence-electron chi connectivity index (χ3n) is 4.19. The molecule has 0 amide bonds. The maximum absolute atomic E-state index is 14.3. The highest BCUT2D eigenvalue weighted by atomic mass is 35.5. The van der Waals surface area contributed by atoms with Crippen molar-refractivity contribution < 1.29 is 13.5 Å². The van der Waals surface area contributed by atoms with Gasteiger partial charge in [0.2, 0.25) is 0 Å². The summed E-state index contributed by atoms with van der Waals surface area (Å²) in [6.45, 7) is 3.35. The Morgan fingerprint density at radius 3 is 2.95 bits per heavy atom. The third-order valence-corrected chi connectivity index (χ3v) is 4.38. The number of imidazole rings is 1. The number of nitrogens with zero attached hydrogens (tertiary/aromatic N) is 2. The normalized spacial score (nSPS) is 20.3. The van der Waals surface area contributed by atoms with Crippen molar-refractivity contribution in [2.45, 2.75) is 25.8 Å². The van der Waals surface area contributed by atoms with Crippen LogP contribution in [-0.2, 0) is 11.2 Å². The van der Waals surface area contributed by atoms with E-state index in [2.05, 4.69) is 4.98 Å². The molecule has 0 radical (unpaired) electrons. The number of halogens is 3. The summed E-state index contributed by atoms with van der Waals surface area (Å²) >= 11 is 5.83. The van der Waals surface area contributed by atoms with Crippen LogP contribution in [0.15, 0.2) is 12.1 Å². The third kappa shape index (κ3) is 2.53. The summed E-state index contributed by atoms with van der Waals surface area (Å²) in [5, 5.41) is 0. The molecule has 1 aliphatic heterocycles. The monoisotopic (exact) mass is 314 g/mol. The van der Waals surface area contributed by atoms with Crippen molar-refractivity contribution in [3.8, 4) is 0 Å². The van der Waals surface area contributed by atoms with Crippen LogP contribution in [0, 0.1) is 17.6 Å². The van der Waals surface area contributed by atoms with E-state index in [9.17, 15) is 8.78 Å². The number of hydrogen-bond acceptors (Lipinski definition) is 2. The van der Waals surface area contributed by atoms with E-state index >= 15 is 0 Å². The molecule has 1 saturated heterocycles. The second kappa shape index (κ2) is 5.89. The summed E-state index contributed by atoms with van der Waals surface area (Å²) in [4.78, 5) is 4.43. The molecular formula is C15H17ClF2N2O. The lowest BCUT2D eigenvalue weighted by Crippen LogP contribution is -2.19. The van der Waals surface area contributed by atoms with Gasteiger partial charge in [-0.1, -0.05) is 0 Å². The molecule has 21 heavy (non-hydrogen) atoms. The second-order valence-electron chi connectivity index (χ2n) is 5.43. The van der Waals surface area contributed by atoms with E-state index < -0.39 is 11.6 Å². The molecule has 1 fully saturated rings.